The van der Waals surface area contributed by atoms with Crippen LogP contribution in [0, 0.1) is 13.8 Å². The number of rotatable bonds is 7. The second kappa shape index (κ2) is 9.93. The minimum Gasteiger partial charge on any atom is -0.497 e. The Morgan fingerprint density at radius 2 is 1.88 bits per heavy atom. The number of carbonyl (C=O) groups excluding carboxylic acids is 1. The second-order valence-electron chi connectivity index (χ2n) is 7.13. The molecule has 2 heterocycles. The maximum atomic E-state index is 12.2. The molecule has 4 rings (SSSR count). The van der Waals surface area contributed by atoms with E-state index in [1.807, 2.05) is 74.5 Å². The van der Waals surface area contributed by atoms with Crippen LogP contribution >= 0.6 is 23.1 Å². The topological polar surface area (TPSA) is 77.0 Å². The maximum absolute atomic E-state index is 12.2. The number of methoxy groups -OCH3 is 1. The first-order chi connectivity index (χ1) is 15.5. The van der Waals surface area contributed by atoms with Crippen LogP contribution < -0.4 is 10.1 Å². The zero-order chi connectivity index (χ0) is 22.5. The lowest BCUT2D eigenvalue weighted by atomic mass is 10.2. The molecule has 8 heteroatoms. The van der Waals surface area contributed by atoms with Gasteiger partial charge < -0.3 is 10.1 Å². The summed E-state index contributed by atoms with van der Waals surface area (Å²) in [5, 5.41) is 13.2. The molecule has 0 aliphatic rings. The summed E-state index contributed by atoms with van der Waals surface area (Å²) in [6, 6.07) is 19.4. The van der Waals surface area contributed by atoms with Crippen LogP contribution in [0.15, 0.2) is 65.7 Å². The smallest absolute Gasteiger partial charge is 0.234 e. The van der Waals surface area contributed by atoms with Crippen molar-refractivity contribution in [2.24, 2.45) is 0 Å². The molecule has 0 fully saturated rings. The van der Waals surface area contributed by atoms with Gasteiger partial charge in [-0.25, -0.2) is 4.98 Å². The Hall–Kier alpha value is -3.23. The van der Waals surface area contributed by atoms with Gasteiger partial charge in [0.05, 0.1) is 23.4 Å². The molecule has 0 aliphatic carbocycles. The van der Waals surface area contributed by atoms with E-state index >= 15 is 0 Å². The molecule has 0 spiro atoms. The number of thiazole rings is 1. The minimum absolute atomic E-state index is 0.0751. The predicted octanol–water partition coefficient (Wildman–Crippen LogP) is 5.62. The normalized spacial score (nSPS) is 10.7. The number of nitrogens with zero attached hydrogens (tertiary/aromatic N) is 3. The third-order valence-corrected chi connectivity index (χ3v) is 6.81. The monoisotopic (exact) mass is 462 g/mol. The SMILES string of the molecule is COc1ccc(-c2nc(C)c(-c3ccc(SCC(=O)Nc4cccc(C)c4)nn3)s2)cc1. The maximum Gasteiger partial charge on any atom is 0.234 e. The number of amides is 1. The first-order valence-corrected chi connectivity index (χ1v) is 11.8. The average molecular weight is 463 g/mol. The van der Waals surface area contributed by atoms with Crippen molar-refractivity contribution in [3.05, 3.63) is 71.9 Å². The number of hydrogen-bond donors (Lipinski definition) is 1. The van der Waals surface area contributed by atoms with Crippen LogP contribution in [-0.2, 0) is 4.79 Å². The van der Waals surface area contributed by atoms with Gasteiger partial charge in [0.25, 0.3) is 0 Å². The molecule has 0 radical (unpaired) electrons. The Morgan fingerprint density at radius 1 is 1.06 bits per heavy atom. The van der Waals surface area contributed by atoms with Crippen molar-refractivity contribution in [2.75, 3.05) is 18.2 Å². The molecule has 0 aliphatic heterocycles. The summed E-state index contributed by atoms with van der Waals surface area (Å²) in [6.07, 6.45) is 0. The fourth-order valence-corrected chi connectivity index (χ4v) is 4.72. The van der Waals surface area contributed by atoms with Crippen LogP contribution in [-0.4, -0.2) is 34.0 Å². The molecule has 2 aromatic carbocycles. The molecule has 0 unspecified atom stereocenters. The van der Waals surface area contributed by atoms with Gasteiger partial charge in [0.15, 0.2) is 0 Å². The molecule has 0 atom stereocenters. The first-order valence-electron chi connectivity index (χ1n) is 9.97. The number of hydrogen-bond acceptors (Lipinski definition) is 7. The lowest BCUT2D eigenvalue weighted by molar-refractivity contribution is -0.113. The van der Waals surface area contributed by atoms with E-state index in [1.165, 1.54) is 11.8 Å². The van der Waals surface area contributed by atoms with Crippen molar-refractivity contribution >= 4 is 34.7 Å². The van der Waals surface area contributed by atoms with Crippen molar-refractivity contribution in [1.82, 2.24) is 15.2 Å². The van der Waals surface area contributed by atoms with Crippen LogP contribution in [0.5, 0.6) is 5.75 Å². The third-order valence-electron chi connectivity index (χ3n) is 4.66. The van der Waals surface area contributed by atoms with Crippen molar-refractivity contribution < 1.29 is 9.53 Å². The van der Waals surface area contributed by atoms with E-state index in [-0.39, 0.29) is 11.7 Å². The Morgan fingerprint density at radius 3 is 2.56 bits per heavy atom. The minimum atomic E-state index is -0.0751. The van der Waals surface area contributed by atoms with E-state index in [0.29, 0.717) is 5.03 Å². The highest BCUT2D eigenvalue weighted by molar-refractivity contribution is 7.99. The van der Waals surface area contributed by atoms with Crippen molar-refractivity contribution in [2.45, 2.75) is 18.9 Å². The number of carbonyl (C=O) groups is 1. The van der Waals surface area contributed by atoms with Gasteiger partial charge in [0.1, 0.15) is 21.5 Å². The largest absolute Gasteiger partial charge is 0.497 e. The lowest BCUT2D eigenvalue weighted by Crippen LogP contribution is -2.14. The molecule has 4 aromatic rings. The number of ether oxygens (including phenoxy) is 1. The Kier molecular flexibility index (Phi) is 6.82. The Balaban J connectivity index is 1.40. The molecule has 0 saturated carbocycles. The predicted molar refractivity (Wildman–Crippen MR) is 130 cm³/mol. The highest BCUT2D eigenvalue weighted by Crippen LogP contribution is 2.35. The fraction of sp³-hybridized carbons (Fsp3) is 0.167. The zero-order valence-corrected chi connectivity index (χ0v) is 19.6. The molecular formula is C24H22N4O2S2. The van der Waals surface area contributed by atoms with Gasteiger partial charge in [-0.05, 0) is 67.9 Å². The molecule has 0 bridgehead atoms. The third kappa shape index (κ3) is 5.33. The standard InChI is InChI=1S/C24H22N4O2S2/c1-15-5-4-6-18(13-15)26-21(29)14-31-22-12-11-20(27-28-22)23-16(2)25-24(32-23)17-7-9-19(30-3)10-8-17/h4-13H,14H2,1-3H3,(H,26,29). The molecule has 2 aromatic heterocycles. The highest BCUT2D eigenvalue weighted by atomic mass is 32.2. The summed E-state index contributed by atoms with van der Waals surface area (Å²) in [7, 11) is 1.65. The summed E-state index contributed by atoms with van der Waals surface area (Å²) in [6.45, 7) is 3.96. The number of nitrogens with one attached hydrogen (secondary N) is 1. The van der Waals surface area contributed by atoms with E-state index in [0.717, 1.165) is 43.8 Å². The van der Waals surface area contributed by atoms with Crippen LogP contribution in [0.25, 0.3) is 21.1 Å². The summed E-state index contributed by atoms with van der Waals surface area (Å²) in [5.41, 5.74) is 4.61. The van der Waals surface area contributed by atoms with E-state index in [9.17, 15) is 4.79 Å². The van der Waals surface area contributed by atoms with Gasteiger partial charge in [-0.2, -0.15) is 0 Å². The van der Waals surface area contributed by atoms with Crippen molar-refractivity contribution in [3.63, 3.8) is 0 Å². The summed E-state index contributed by atoms with van der Waals surface area (Å²) >= 11 is 2.94. The summed E-state index contributed by atoms with van der Waals surface area (Å²) < 4.78 is 5.22. The van der Waals surface area contributed by atoms with Gasteiger partial charge in [0.2, 0.25) is 5.91 Å². The molecule has 1 N–H and O–H groups in total. The number of thioether (sulfide) groups is 1. The molecule has 1 amide bonds. The molecule has 0 saturated heterocycles. The first kappa shape index (κ1) is 22.0. The van der Waals surface area contributed by atoms with Gasteiger partial charge in [-0.1, -0.05) is 23.9 Å². The Labute approximate surface area is 195 Å². The van der Waals surface area contributed by atoms with Crippen LogP contribution in [0.2, 0.25) is 0 Å². The van der Waals surface area contributed by atoms with Crippen LogP contribution in [0.3, 0.4) is 0 Å². The van der Waals surface area contributed by atoms with Crippen molar-refractivity contribution in [3.8, 4) is 26.9 Å². The molecular weight excluding hydrogens is 440 g/mol. The Bertz CT molecular complexity index is 1220. The van der Waals surface area contributed by atoms with Crippen molar-refractivity contribution in [1.29, 1.82) is 0 Å². The molecule has 162 valence electrons. The zero-order valence-electron chi connectivity index (χ0n) is 18.0. The lowest BCUT2D eigenvalue weighted by Gasteiger charge is -2.05. The number of aromatic nitrogens is 3. The number of benzene rings is 2. The summed E-state index contributed by atoms with van der Waals surface area (Å²) in [4.78, 5) is 17.9. The number of aryl methyl sites for hydroxylation is 2. The summed E-state index contributed by atoms with van der Waals surface area (Å²) in [5.74, 6) is 1.01. The van der Waals surface area contributed by atoms with E-state index in [4.69, 9.17) is 9.72 Å². The van der Waals surface area contributed by atoms with Gasteiger partial charge >= 0.3 is 0 Å². The van der Waals surface area contributed by atoms with Gasteiger partial charge in [0, 0.05) is 11.3 Å². The molecule has 32 heavy (non-hydrogen) atoms. The van der Waals surface area contributed by atoms with E-state index in [2.05, 4.69) is 15.5 Å². The second-order valence-corrected chi connectivity index (χ2v) is 9.12. The van der Waals surface area contributed by atoms with E-state index < -0.39 is 0 Å². The van der Waals surface area contributed by atoms with Gasteiger partial charge in [-0.3, -0.25) is 4.79 Å². The number of anilines is 1. The average Bonchev–Trinajstić information content (AvgIpc) is 3.19. The van der Waals surface area contributed by atoms with Gasteiger partial charge in [-0.15, -0.1) is 21.5 Å². The van der Waals surface area contributed by atoms with Crippen LogP contribution in [0.1, 0.15) is 11.3 Å². The fourth-order valence-electron chi connectivity index (χ4n) is 3.07. The molecule has 6 nitrogen and oxygen atoms in total. The highest BCUT2D eigenvalue weighted by Gasteiger charge is 2.14. The van der Waals surface area contributed by atoms with Crippen LogP contribution in [0.4, 0.5) is 5.69 Å². The quantitative estimate of drug-likeness (QED) is 0.359. The van der Waals surface area contributed by atoms with E-state index in [1.54, 1.807) is 18.4 Å².